The fraction of sp³-hybridized carbons (Fsp3) is 0.750. The minimum atomic E-state index is -3.54. The van der Waals surface area contributed by atoms with E-state index in [0.29, 0.717) is 17.9 Å². The molecule has 2 rings (SSSR count). The van der Waals surface area contributed by atoms with Gasteiger partial charge in [-0.2, -0.15) is 0 Å². The molecule has 0 radical (unpaired) electrons. The Morgan fingerprint density at radius 3 is 2.72 bits per heavy atom. The van der Waals surface area contributed by atoms with Crippen molar-refractivity contribution in [3.8, 4) is 0 Å². The molecule has 0 spiro atoms. The van der Waals surface area contributed by atoms with Gasteiger partial charge in [0.2, 0.25) is 10.0 Å². The summed E-state index contributed by atoms with van der Waals surface area (Å²) in [5.41, 5.74) is 2.04. The molecule has 102 valence electrons. The molecular formula is C8H14N4O5S. The van der Waals surface area contributed by atoms with Crippen LogP contribution in [0.25, 0.3) is 0 Å². The average molecular weight is 278 g/mol. The maximum absolute atomic E-state index is 11.8. The molecule has 2 bridgehead atoms. The quantitative estimate of drug-likeness (QED) is 0.417. The highest BCUT2D eigenvalue weighted by Gasteiger charge is 2.46. The van der Waals surface area contributed by atoms with Crippen molar-refractivity contribution in [2.75, 3.05) is 12.8 Å². The summed E-state index contributed by atoms with van der Waals surface area (Å²) in [6, 6.07) is -1.68. The Bertz CT molecular complexity index is 478. The molecule has 0 aliphatic carbocycles. The molecule has 2 heterocycles. The highest BCUT2D eigenvalue weighted by molar-refractivity contribution is 7.88. The summed E-state index contributed by atoms with van der Waals surface area (Å²) in [5, 5.41) is 10.0. The second-order valence-electron chi connectivity index (χ2n) is 4.39. The Labute approximate surface area is 104 Å². The Hall–Kier alpha value is -1.39. The summed E-state index contributed by atoms with van der Waals surface area (Å²) in [4.78, 5) is 26.4. The lowest BCUT2D eigenvalue weighted by molar-refractivity contribution is -0.126. The Morgan fingerprint density at radius 1 is 1.44 bits per heavy atom. The van der Waals surface area contributed by atoms with Crippen LogP contribution in [0.1, 0.15) is 12.8 Å². The third kappa shape index (κ3) is 2.40. The predicted molar refractivity (Wildman–Crippen MR) is 58.7 cm³/mol. The molecule has 0 unspecified atom stereocenters. The fourth-order valence-electron chi connectivity index (χ4n) is 2.15. The molecule has 2 atom stereocenters. The third-order valence-electron chi connectivity index (χ3n) is 3.01. The largest absolute Gasteiger partial charge is 0.344 e. The van der Waals surface area contributed by atoms with Crippen molar-refractivity contribution in [2.24, 2.45) is 0 Å². The maximum atomic E-state index is 11.8. The smallest absolute Gasteiger partial charge is 0.309 e. The first-order valence-corrected chi connectivity index (χ1v) is 7.24. The van der Waals surface area contributed by atoms with Crippen molar-refractivity contribution in [3.63, 3.8) is 0 Å². The molecular weight excluding hydrogens is 264 g/mol. The van der Waals surface area contributed by atoms with Gasteiger partial charge >= 0.3 is 6.03 Å². The minimum Gasteiger partial charge on any atom is -0.309 e. The predicted octanol–water partition coefficient (Wildman–Crippen LogP) is -1.78. The van der Waals surface area contributed by atoms with Gasteiger partial charge in [0, 0.05) is 6.54 Å². The SMILES string of the molecule is CS(=O)(=O)NNC(=O)[C@@H]1CC[C@@H]2CN1C(=O)N2O. The first-order chi connectivity index (χ1) is 8.29. The Balaban J connectivity index is 2.02. The van der Waals surface area contributed by atoms with Crippen LogP contribution in [0.5, 0.6) is 0 Å². The van der Waals surface area contributed by atoms with Gasteiger partial charge in [-0.25, -0.2) is 18.3 Å². The molecule has 9 nitrogen and oxygen atoms in total. The number of nitrogens with zero attached hydrogens (tertiary/aromatic N) is 2. The van der Waals surface area contributed by atoms with E-state index in [0.717, 1.165) is 6.26 Å². The summed E-state index contributed by atoms with van der Waals surface area (Å²) < 4.78 is 21.7. The molecule has 10 heteroatoms. The average Bonchev–Trinajstić information content (AvgIpc) is 2.51. The molecule has 0 aromatic rings. The van der Waals surface area contributed by atoms with Crippen LogP contribution in [0, 0.1) is 0 Å². The van der Waals surface area contributed by atoms with E-state index in [9.17, 15) is 23.2 Å². The zero-order valence-corrected chi connectivity index (χ0v) is 10.5. The van der Waals surface area contributed by atoms with Gasteiger partial charge < -0.3 is 4.90 Å². The molecule has 2 saturated heterocycles. The number of sulfonamides is 1. The summed E-state index contributed by atoms with van der Waals surface area (Å²) in [6.45, 7) is 0.270. The van der Waals surface area contributed by atoms with Crippen molar-refractivity contribution < 1.29 is 23.2 Å². The summed E-state index contributed by atoms with van der Waals surface area (Å²) in [5.74, 6) is -0.609. The number of urea groups is 1. The van der Waals surface area contributed by atoms with Crippen LogP contribution in [0.15, 0.2) is 0 Å². The van der Waals surface area contributed by atoms with Crippen molar-refractivity contribution in [2.45, 2.75) is 24.9 Å². The highest BCUT2D eigenvalue weighted by atomic mass is 32.2. The topological polar surface area (TPSA) is 119 Å². The number of fused-ring (bicyclic) bond motifs is 2. The van der Waals surface area contributed by atoms with Gasteiger partial charge in [0.1, 0.15) is 6.04 Å². The Kier molecular flexibility index (Phi) is 3.17. The first-order valence-electron chi connectivity index (χ1n) is 5.35. The van der Waals surface area contributed by atoms with Crippen molar-refractivity contribution in [1.82, 2.24) is 20.2 Å². The molecule has 0 aromatic carbocycles. The van der Waals surface area contributed by atoms with Gasteiger partial charge in [-0.3, -0.25) is 15.4 Å². The third-order valence-corrected chi connectivity index (χ3v) is 3.48. The number of amides is 3. The number of carbonyl (C=O) groups is 2. The normalized spacial score (nSPS) is 27.6. The van der Waals surface area contributed by atoms with E-state index in [1.165, 1.54) is 4.90 Å². The number of hydrogen-bond acceptors (Lipinski definition) is 5. The minimum absolute atomic E-state index is 0.270. The summed E-state index contributed by atoms with van der Waals surface area (Å²) in [6.07, 6.45) is 1.78. The van der Waals surface area contributed by atoms with Gasteiger partial charge in [0.05, 0.1) is 12.3 Å². The lowest BCUT2D eigenvalue weighted by Crippen LogP contribution is -2.53. The van der Waals surface area contributed by atoms with E-state index in [4.69, 9.17) is 0 Å². The molecule has 3 amide bonds. The molecule has 2 fully saturated rings. The van der Waals surface area contributed by atoms with E-state index >= 15 is 0 Å². The lowest BCUT2D eigenvalue weighted by Gasteiger charge is -2.28. The number of piperidine rings is 1. The van der Waals surface area contributed by atoms with Crippen LogP contribution >= 0.6 is 0 Å². The molecule has 18 heavy (non-hydrogen) atoms. The van der Waals surface area contributed by atoms with Gasteiger partial charge in [-0.05, 0) is 12.8 Å². The highest BCUT2D eigenvalue weighted by Crippen LogP contribution is 2.28. The lowest BCUT2D eigenvalue weighted by atomic mass is 10.0. The van der Waals surface area contributed by atoms with Gasteiger partial charge in [-0.15, -0.1) is 4.83 Å². The van der Waals surface area contributed by atoms with Crippen LogP contribution in [0.4, 0.5) is 4.79 Å². The molecule has 2 aliphatic rings. The van der Waals surface area contributed by atoms with Crippen molar-refractivity contribution in [3.05, 3.63) is 0 Å². The van der Waals surface area contributed by atoms with E-state index in [1.54, 1.807) is 0 Å². The van der Waals surface area contributed by atoms with Crippen LogP contribution in [0.2, 0.25) is 0 Å². The first kappa shape index (κ1) is 13.1. The summed E-state index contributed by atoms with van der Waals surface area (Å²) >= 11 is 0. The van der Waals surface area contributed by atoms with Crippen LogP contribution < -0.4 is 10.3 Å². The number of hydrazine groups is 1. The van der Waals surface area contributed by atoms with Gasteiger partial charge in [0.15, 0.2) is 0 Å². The molecule has 2 aliphatic heterocycles. The zero-order valence-electron chi connectivity index (χ0n) is 9.66. The second-order valence-corrected chi connectivity index (χ2v) is 6.14. The summed E-state index contributed by atoms with van der Waals surface area (Å²) in [7, 11) is -3.54. The second kappa shape index (κ2) is 4.37. The number of carbonyl (C=O) groups excluding carboxylic acids is 2. The molecule has 3 N–H and O–H groups in total. The fourth-order valence-corrected chi connectivity index (χ4v) is 2.44. The standard InChI is InChI=1S/C8H14N4O5S/c1-18(16,17)10-9-7(13)6-3-2-5-4-11(6)8(14)12(5)15/h5-6,10,15H,2-4H2,1H3,(H,9,13)/t5-,6+/m1/s1. The van der Waals surface area contributed by atoms with Gasteiger partial charge in [0.25, 0.3) is 5.91 Å². The number of rotatable bonds is 3. The van der Waals surface area contributed by atoms with Crippen LogP contribution in [0.3, 0.4) is 0 Å². The molecule has 0 saturated carbocycles. The zero-order chi connectivity index (χ0) is 13.5. The van der Waals surface area contributed by atoms with Crippen molar-refractivity contribution in [1.29, 1.82) is 0 Å². The van der Waals surface area contributed by atoms with Crippen molar-refractivity contribution >= 4 is 22.0 Å². The monoisotopic (exact) mass is 278 g/mol. The number of hydrogen-bond donors (Lipinski definition) is 3. The van der Waals surface area contributed by atoms with E-state index < -0.39 is 28.0 Å². The number of nitrogens with one attached hydrogen (secondary N) is 2. The Morgan fingerprint density at radius 2 is 2.11 bits per heavy atom. The molecule has 0 aromatic heterocycles. The van der Waals surface area contributed by atoms with E-state index in [1.807, 2.05) is 10.3 Å². The van der Waals surface area contributed by atoms with Crippen LogP contribution in [-0.4, -0.2) is 60.4 Å². The number of hydroxylamine groups is 2. The van der Waals surface area contributed by atoms with E-state index in [-0.39, 0.29) is 12.6 Å². The maximum Gasteiger partial charge on any atom is 0.344 e. The van der Waals surface area contributed by atoms with Crippen LogP contribution in [-0.2, 0) is 14.8 Å². The van der Waals surface area contributed by atoms with Gasteiger partial charge in [-0.1, -0.05) is 0 Å². The van der Waals surface area contributed by atoms with E-state index in [2.05, 4.69) is 0 Å².